The van der Waals surface area contributed by atoms with Crippen LogP contribution >= 0.6 is 12.4 Å². The van der Waals surface area contributed by atoms with Gasteiger partial charge >= 0.3 is 6.18 Å². The van der Waals surface area contributed by atoms with E-state index in [4.69, 9.17) is 5.73 Å². The van der Waals surface area contributed by atoms with Crippen molar-refractivity contribution in [1.29, 1.82) is 0 Å². The van der Waals surface area contributed by atoms with Crippen LogP contribution in [0.1, 0.15) is 30.5 Å². The predicted octanol–water partition coefficient (Wildman–Crippen LogP) is 5.76. The minimum Gasteiger partial charge on any atom is -0.324 e. The summed E-state index contributed by atoms with van der Waals surface area (Å²) in [6.07, 6.45) is -3.60. The van der Waals surface area contributed by atoms with Crippen molar-refractivity contribution in [2.24, 2.45) is 5.73 Å². The molecule has 1 nitrogen and oxygen atoms in total. The van der Waals surface area contributed by atoms with Gasteiger partial charge in [0.25, 0.3) is 0 Å². The Balaban J connectivity index is 0.00000264. The van der Waals surface area contributed by atoms with E-state index in [1.165, 1.54) is 12.1 Å². The Morgan fingerprint density at radius 2 is 1.43 bits per heavy atom. The number of hydrogen-bond acceptors (Lipinski definition) is 1. The van der Waals surface area contributed by atoms with Crippen molar-refractivity contribution in [3.8, 4) is 11.1 Å². The Morgan fingerprint density at radius 3 is 1.83 bits per heavy atom. The number of benzene rings is 2. The van der Waals surface area contributed by atoms with Crippen molar-refractivity contribution in [2.45, 2.75) is 25.6 Å². The first-order valence-electron chi connectivity index (χ1n) is 6.95. The molecule has 0 amide bonds. The van der Waals surface area contributed by atoms with Gasteiger partial charge in [-0.2, -0.15) is 13.2 Å². The first-order valence-corrected chi connectivity index (χ1v) is 6.95. The molecular formula is C18H19ClF3N. The molecule has 0 aromatic heterocycles. The molecule has 0 aliphatic heterocycles. The first kappa shape index (κ1) is 19.3. The second-order valence-electron chi connectivity index (χ2n) is 5.46. The summed E-state index contributed by atoms with van der Waals surface area (Å²) in [4.78, 5) is 0. The van der Waals surface area contributed by atoms with E-state index >= 15 is 0 Å². The molecule has 0 saturated heterocycles. The SMILES string of the molecule is C=C(C)C[C@H](N)c1ccc(-c2ccc(C(F)(F)F)cc2)cc1.Cl. The van der Waals surface area contributed by atoms with E-state index in [0.717, 1.165) is 34.4 Å². The topological polar surface area (TPSA) is 26.0 Å². The van der Waals surface area contributed by atoms with Crippen LogP contribution in [-0.4, -0.2) is 0 Å². The molecule has 0 bridgehead atoms. The standard InChI is InChI=1S/C18H18F3N.ClH/c1-12(2)11-17(22)15-5-3-13(4-6-15)14-7-9-16(10-8-14)18(19,20)21;/h3-10,17H,1,11,22H2,2H3;1H/t17-;/m0./s1. The maximum atomic E-state index is 12.5. The smallest absolute Gasteiger partial charge is 0.324 e. The maximum absolute atomic E-state index is 12.5. The lowest BCUT2D eigenvalue weighted by Crippen LogP contribution is -2.10. The molecule has 2 aromatic carbocycles. The van der Waals surface area contributed by atoms with Gasteiger partial charge in [-0.05, 0) is 42.2 Å². The second-order valence-corrected chi connectivity index (χ2v) is 5.46. The van der Waals surface area contributed by atoms with Crippen LogP contribution in [0.25, 0.3) is 11.1 Å². The molecule has 1 atom stereocenters. The van der Waals surface area contributed by atoms with Crippen LogP contribution in [0.5, 0.6) is 0 Å². The zero-order chi connectivity index (χ0) is 16.3. The Bertz CT molecular complexity index is 645. The fraction of sp³-hybridized carbons (Fsp3) is 0.222. The van der Waals surface area contributed by atoms with Gasteiger partial charge in [0.15, 0.2) is 0 Å². The Hall–Kier alpha value is -1.78. The maximum Gasteiger partial charge on any atom is 0.416 e. The number of nitrogens with two attached hydrogens (primary N) is 1. The molecule has 0 aliphatic carbocycles. The molecule has 23 heavy (non-hydrogen) atoms. The van der Waals surface area contributed by atoms with Gasteiger partial charge in [-0.1, -0.05) is 42.0 Å². The van der Waals surface area contributed by atoms with Crippen LogP contribution < -0.4 is 5.73 Å². The average molecular weight is 342 g/mol. The number of rotatable bonds is 4. The summed E-state index contributed by atoms with van der Waals surface area (Å²) in [6, 6.07) is 12.6. The van der Waals surface area contributed by atoms with Crippen LogP contribution in [0, 0.1) is 0 Å². The lowest BCUT2D eigenvalue weighted by atomic mass is 9.97. The van der Waals surface area contributed by atoms with Crippen molar-refractivity contribution in [3.05, 3.63) is 71.8 Å². The molecule has 0 radical (unpaired) electrons. The van der Waals surface area contributed by atoms with Gasteiger partial charge in [-0.25, -0.2) is 0 Å². The lowest BCUT2D eigenvalue weighted by Gasteiger charge is -2.13. The first-order chi connectivity index (χ1) is 10.3. The minimum atomic E-state index is -4.31. The predicted molar refractivity (Wildman–Crippen MR) is 90.5 cm³/mol. The van der Waals surface area contributed by atoms with Gasteiger partial charge in [0, 0.05) is 6.04 Å². The third kappa shape index (κ3) is 5.12. The van der Waals surface area contributed by atoms with Crippen LogP contribution in [0.4, 0.5) is 13.2 Å². The summed E-state index contributed by atoms with van der Waals surface area (Å²) in [7, 11) is 0. The zero-order valence-corrected chi connectivity index (χ0v) is 13.5. The highest BCUT2D eigenvalue weighted by Crippen LogP contribution is 2.31. The number of halogens is 4. The average Bonchev–Trinajstić information content (AvgIpc) is 2.46. The molecule has 0 unspecified atom stereocenters. The summed E-state index contributed by atoms with van der Waals surface area (Å²) >= 11 is 0. The van der Waals surface area contributed by atoms with Crippen molar-refractivity contribution < 1.29 is 13.2 Å². The normalized spacial score (nSPS) is 12.4. The van der Waals surface area contributed by atoms with Gasteiger partial charge in [0.05, 0.1) is 5.56 Å². The van der Waals surface area contributed by atoms with Crippen LogP contribution in [0.3, 0.4) is 0 Å². The second kappa shape index (κ2) is 7.66. The molecule has 2 N–H and O–H groups in total. The molecule has 0 aliphatic rings. The third-order valence-electron chi connectivity index (χ3n) is 3.45. The molecule has 2 aromatic rings. The number of hydrogen-bond donors (Lipinski definition) is 1. The Labute approximate surface area is 140 Å². The van der Waals surface area contributed by atoms with E-state index < -0.39 is 11.7 Å². The highest BCUT2D eigenvalue weighted by molar-refractivity contribution is 5.85. The highest BCUT2D eigenvalue weighted by Gasteiger charge is 2.29. The summed E-state index contributed by atoms with van der Waals surface area (Å²) in [5, 5.41) is 0. The van der Waals surface area contributed by atoms with Crippen molar-refractivity contribution in [2.75, 3.05) is 0 Å². The monoisotopic (exact) mass is 341 g/mol. The van der Waals surface area contributed by atoms with Gasteiger partial charge < -0.3 is 5.73 Å². The molecule has 5 heteroatoms. The molecule has 0 fully saturated rings. The fourth-order valence-corrected chi connectivity index (χ4v) is 2.27. The highest BCUT2D eigenvalue weighted by atomic mass is 35.5. The van der Waals surface area contributed by atoms with E-state index in [9.17, 15) is 13.2 Å². The molecular weight excluding hydrogens is 323 g/mol. The number of alkyl halides is 3. The summed E-state index contributed by atoms with van der Waals surface area (Å²) in [6.45, 7) is 5.77. The fourth-order valence-electron chi connectivity index (χ4n) is 2.27. The van der Waals surface area contributed by atoms with Gasteiger partial charge in [0.1, 0.15) is 0 Å². The van der Waals surface area contributed by atoms with Crippen LogP contribution in [-0.2, 0) is 6.18 Å². The largest absolute Gasteiger partial charge is 0.416 e. The summed E-state index contributed by atoms with van der Waals surface area (Å²) in [5.74, 6) is 0. The molecule has 2 rings (SSSR count). The quantitative estimate of drug-likeness (QED) is 0.703. The summed E-state index contributed by atoms with van der Waals surface area (Å²) < 4.78 is 37.6. The molecule has 0 spiro atoms. The summed E-state index contributed by atoms with van der Waals surface area (Å²) in [5.41, 5.74) is 9.03. The zero-order valence-electron chi connectivity index (χ0n) is 12.7. The van der Waals surface area contributed by atoms with Crippen LogP contribution in [0.2, 0.25) is 0 Å². The van der Waals surface area contributed by atoms with E-state index in [1.807, 2.05) is 31.2 Å². The van der Waals surface area contributed by atoms with E-state index in [2.05, 4.69) is 6.58 Å². The van der Waals surface area contributed by atoms with Crippen molar-refractivity contribution >= 4 is 12.4 Å². The Kier molecular flexibility index (Phi) is 6.42. The van der Waals surface area contributed by atoms with Crippen molar-refractivity contribution in [3.63, 3.8) is 0 Å². The van der Waals surface area contributed by atoms with Crippen molar-refractivity contribution in [1.82, 2.24) is 0 Å². The van der Waals surface area contributed by atoms with Gasteiger partial charge in [-0.15, -0.1) is 19.0 Å². The van der Waals surface area contributed by atoms with E-state index in [1.54, 1.807) is 0 Å². The Morgan fingerprint density at radius 1 is 1.00 bits per heavy atom. The molecule has 124 valence electrons. The van der Waals surface area contributed by atoms with E-state index in [0.29, 0.717) is 6.42 Å². The van der Waals surface area contributed by atoms with Crippen LogP contribution in [0.15, 0.2) is 60.7 Å². The van der Waals surface area contributed by atoms with Gasteiger partial charge in [0.2, 0.25) is 0 Å². The lowest BCUT2D eigenvalue weighted by molar-refractivity contribution is -0.137. The molecule has 0 heterocycles. The van der Waals surface area contributed by atoms with E-state index in [-0.39, 0.29) is 18.4 Å². The third-order valence-corrected chi connectivity index (χ3v) is 3.45. The molecule has 0 saturated carbocycles. The minimum absolute atomic E-state index is 0. The van der Waals surface area contributed by atoms with Gasteiger partial charge in [-0.3, -0.25) is 0 Å².